The maximum Gasteiger partial charge on any atom is 0.257 e. The van der Waals surface area contributed by atoms with Gasteiger partial charge in [-0.05, 0) is 38.0 Å². The van der Waals surface area contributed by atoms with E-state index in [1.54, 1.807) is 12.1 Å². The fourth-order valence-electron chi connectivity index (χ4n) is 3.58. The van der Waals surface area contributed by atoms with E-state index in [1.807, 2.05) is 18.3 Å². The number of amides is 1. The highest BCUT2D eigenvalue weighted by molar-refractivity contribution is 6.32. The van der Waals surface area contributed by atoms with Crippen LogP contribution in [0.1, 0.15) is 70.8 Å². The monoisotopic (exact) mass is 602 g/mol. The molecule has 0 spiro atoms. The van der Waals surface area contributed by atoms with Crippen LogP contribution in [0.25, 0.3) is 0 Å². The van der Waals surface area contributed by atoms with Crippen LogP contribution in [0, 0.1) is 0 Å². The lowest BCUT2D eigenvalue weighted by Gasteiger charge is -2.11. The van der Waals surface area contributed by atoms with Gasteiger partial charge in [0.25, 0.3) is 5.91 Å². The van der Waals surface area contributed by atoms with Crippen molar-refractivity contribution in [2.75, 3.05) is 19.8 Å². The van der Waals surface area contributed by atoms with Crippen molar-refractivity contribution >= 4 is 17.5 Å². The average molecular weight is 603 g/mol. The summed E-state index contributed by atoms with van der Waals surface area (Å²) in [7, 11) is 0. The minimum Gasteiger partial charge on any atom is -1.00 e. The maximum absolute atomic E-state index is 12.1. The molecule has 0 saturated heterocycles. The number of nitrogens with zero attached hydrogens (tertiary/aromatic N) is 1. The van der Waals surface area contributed by atoms with Crippen LogP contribution in [0.4, 0.5) is 0 Å². The van der Waals surface area contributed by atoms with Gasteiger partial charge in [-0.15, -0.1) is 0 Å². The Hall–Kier alpha value is -1.54. The SMILES string of the molecule is CCCCCCCCCCOc1ccc(OCC(=O)NCCc2ccc[n+](CC)c2)c(Cl)c1.[I-]. The fourth-order valence-corrected chi connectivity index (χ4v) is 3.80. The summed E-state index contributed by atoms with van der Waals surface area (Å²) >= 11 is 6.31. The summed E-state index contributed by atoms with van der Waals surface area (Å²) < 4.78 is 13.5. The highest BCUT2D eigenvalue weighted by Gasteiger charge is 2.08. The fraction of sp³-hybridized carbons (Fsp3) is 0.556. The van der Waals surface area contributed by atoms with Crippen LogP contribution < -0.4 is 43.3 Å². The second-order valence-corrected chi connectivity index (χ2v) is 8.75. The van der Waals surface area contributed by atoms with Gasteiger partial charge in [0.2, 0.25) is 0 Å². The molecule has 34 heavy (non-hydrogen) atoms. The Morgan fingerprint density at radius 2 is 1.74 bits per heavy atom. The zero-order chi connectivity index (χ0) is 23.7. The topological polar surface area (TPSA) is 51.4 Å². The number of halogens is 2. The first-order valence-corrected chi connectivity index (χ1v) is 12.8. The molecule has 7 heteroatoms. The van der Waals surface area contributed by atoms with Crippen LogP contribution in [-0.2, 0) is 17.8 Å². The first kappa shape index (κ1) is 30.5. The van der Waals surface area contributed by atoms with E-state index in [9.17, 15) is 4.79 Å². The number of hydrogen-bond acceptors (Lipinski definition) is 3. The van der Waals surface area contributed by atoms with Crippen molar-refractivity contribution < 1.29 is 42.8 Å². The van der Waals surface area contributed by atoms with Crippen molar-refractivity contribution in [3.8, 4) is 11.5 Å². The van der Waals surface area contributed by atoms with E-state index in [1.165, 1.54) is 50.5 Å². The Morgan fingerprint density at radius 1 is 1.00 bits per heavy atom. The second-order valence-electron chi connectivity index (χ2n) is 8.35. The molecule has 0 aliphatic rings. The number of carbonyl (C=O) groups excluding carboxylic acids is 1. The molecule has 190 valence electrons. The summed E-state index contributed by atoms with van der Waals surface area (Å²) in [6.07, 6.45) is 15.1. The molecule has 1 aromatic heterocycles. The number of benzene rings is 1. The van der Waals surface area contributed by atoms with Crippen molar-refractivity contribution in [1.29, 1.82) is 0 Å². The predicted octanol–water partition coefficient (Wildman–Crippen LogP) is 2.91. The van der Waals surface area contributed by atoms with E-state index < -0.39 is 0 Å². The molecule has 0 aliphatic heterocycles. The molecule has 0 fully saturated rings. The van der Waals surface area contributed by atoms with Gasteiger partial charge in [-0.1, -0.05) is 63.5 Å². The number of aryl methyl sites for hydroxylation is 1. The number of unbranched alkanes of at least 4 members (excludes halogenated alkanes) is 7. The maximum atomic E-state index is 12.1. The molecule has 1 N–H and O–H groups in total. The molecule has 0 unspecified atom stereocenters. The summed E-state index contributed by atoms with van der Waals surface area (Å²) in [5.74, 6) is 1.05. The van der Waals surface area contributed by atoms with Crippen LogP contribution in [0.3, 0.4) is 0 Å². The summed E-state index contributed by atoms with van der Waals surface area (Å²) in [4.78, 5) is 12.1. The first-order chi connectivity index (χ1) is 16.1. The number of hydrogen-bond donors (Lipinski definition) is 1. The van der Waals surface area contributed by atoms with Gasteiger partial charge in [-0.25, -0.2) is 4.57 Å². The Balaban J connectivity index is 0.00000578. The zero-order valence-corrected chi connectivity index (χ0v) is 23.6. The van der Waals surface area contributed by atoms with Gasteiger partial charge < -0.3 is 38.8 Å². The molecule has 5 nitrogen and oxygen atoms in total. The smallest absolute Gasteiger partial charge is 0.257 e. The molecule has 0 atom stereocenters. The summed E-state index contributed by atoms with van der Waals surface area (Å²) in [5.41, 5.74) is 1.19. The van der Waals surface area contributed by atoms with Crippen molar-refractivity contribution in [2.45, 2.75) is 78.2 Å². The zero-order valence-electron chi connectivity index (χ0n) is 20.7. The third-order valence-corrected chi connectivity index (χ3v) is 5.84. The highest BCUT2D eigenvalue weighted by atomic mass is 127. The van der Waals surface area contributed by atoms with Crippen molar-refractivity contribution in [3.05, 3.63) is 53.3 Å². The number of ether oxygens (including phenoxy) is 2. The number of carbonyl (C=O) groups is 1. The molecule has 0 bridgehead atoms. The van der Waals surface area contributed by atoms with E-state index in [4.69, 9.17) is 21.1 Å². The Morgan fingerprint density at radius 3 is 2.44 bits per heavy atom. The standard InChI is InChI=1S/C27H39ClN2O3.HI/c1-3-5-6-7-8-9-10-11-19-32-24-14-15-26(25(28)20-24)33-22-27(31)29-17-16-23-13-12-18-30(4-2)21-23;/h12-15,18,20-21H,3-11,16-17,19,22H2,1-2H3;1H. The van der Waals surface area contributed by atoms with Crippen molar-refractivity contribution in [1.82, 2.24) is 5.32 Å². The van der Waals surface area contributed by atoms with Gasteiger partial charge in [0.1, 0.15) is 18.0 Å². The van der Waals surface area contributed by atoms with E-state index >= 15 is 0 Å². The number of rotatable bonds is 17. The molecule has 2 rings (SSSR count). The van der Waals surface area contributed by atoms with Crippen molar-refractivity contribution in [2.24, 2.45) is 0 Å². The molecule has 2 aromatic rings. The number of nitrogens with one attached hydrogen (secondary N) is 1. The van der Waals surface area contributed by atoms with Gasteiger partial charge in [-0.2, -0.15) is 0 Å². The third-order valence-electron chi connectivity index (χ3n) is 5.55. The highest BCUT2D eigenvalue weighted by Crippen LogP contribution is 2.29. The lowest BCUT2D eigenvalue weighted by Crippen LogP contribution is -3.00. The molecular weight excluding hydrogens is 563 g/mol. The van der Waals surface area contributed by atoms with Crippen LogP contribution in [-0.4, -0.2) is 25.7 Å². The Kier molecular flexibility index (Phi) is 16.8. The number of aromatic nitrogens is 1. The van der Waals surface area contributed by atoms with Crippen molar-refractivity contribution in [3.63, 3.8) is 0 Å². The van der Waals surface area contributed by atoms with Gasteiger partial charge in [0.05, 0.1) is 11.6 Å². The van der Waals surface area contributed by atoms with E-state index in [-0.39, 0.29) is 36.5 Å². The van der Waals surface area contributed by atoms with Gasteiger partial charge in [-0.3, -0.25) is 4.79 Å². The molecule has 0 aliphatic carbocycles. The second kappa shape index (κ2) is 18.7. The van der Waals surface area contributed by atoms with Crippen LogP contribution in [0.15, 0.2) is 42.7 Å². The predicted molar refractivity (Wildman–Crippen MR) is 134 cm³/mol. The van der Waals surface area contributed by atoms with Crippen LogP contribution in [0.2, 0.25) is 5.02 Å². The molecule has 0 saturated carbocycles. The lowest BCUT2D eigenvalue weighted by molar-refractivity contribution is -0.694. The van der Waals surface area contributed by atoms with Crippen LogP contribution in [0.5, 0.6) is 11.5 Å². The average Bonchev–Trinajstić information content (AvgIpc) is 2.82. The van der Waals surface area contributed by atoms with Crippen LogP contribution >= 0.6 is 11.6 Å². The summed E-state index contributed by atoms with van der Waals surface area (Å²) in [6.45, 7) is 6.46. The Bertz CT molecular complexity index is 835. The molecule has 1 amide bonds. The van der Waals surface area contributed by atoms with E-state index in [0.717, 1.165) is 25.1 Å². The summed E-state index contributed by atoms with van der Waals surface area (Å²) in [6, 6.07) is 9.42. The quantitative estimate of drug-likeness (QED) is 0.172. The molecule has 0 radical (unpaired) electrons. The normalized spacial score (nSPS) is 10.4. The van der Waals surface area contributed by atoms with E-state index in [0.29, 0.717) is 23.9 Å². The van der Waals surface area contributed by atoms with Gasteiger partial charge in [0.15, 0.2) is 19.0 Å². The molecule has 1 heterocycles. The molecule has 1 aromatic carbocycles. The minimum atomic E-state index is -0.166. The van der Waals surface area contributed by atoms with Gasteiger partial charge >= 0.3 is 0 Å². The summed E-state index contributed by atoms with van der Waals surface area (Å²) in [5, 5.41) is 3.34. The molecular formula is C27H40ClIN2O3. The third kappa shape index (κ3) is 12.8. The largest absolute Gasteiger partial charge is 1.00 e. The van der Waals surface area contributed by atoms with Gasteiger partial charge in [0, 0.05) is 24.2 Å². The number of pyridine rings is 1. The van der Waals surface area contributed by atoms with E-state index in [2.05, 4.69) is 36.0 Å². The first-order valence-electron chi connectivity index (χ1n) is 12.4. The minimum absolute atomic E-state index is 0. The Labute approximate surface area is 227 Å². The lowest BCUT2D eigenvalue weighted by atomic mass is 10.1.